The summed E-state index contributed by atoms with van der Waals surface area (Å²) in [7, 11) is 3.06. The van der Waals surface area contributed by atoms with E-state index in [-0.39, 0.29) is 24.6 Å². The highest BCUT2D eigenvalue weighted by Crippen LogP contribution is 2.45. The predicted molar refractivity (Wildman–Crippen MR) is 161 cm³/mol. The van der Waals surface area contributed by atoms with Crippen molar-refractivity contribution in [3.63, 3.8) is 0 Å². The summed E-state index contributed by atoms with van der Waals surface area (Å²) in [6.07, 6.45) is 1.80. The molecular formula is C31H33N5O3S. The van der Waals surface area contributed by atoms with Gasteiger partial charge in [0.25, 0.3) is 0 Å². The fraction of sp³-hybridized carbons (Fsp3) is 0.258. The summed E-state index contributed by atoms with van der Waals surface area (Å²) in [5, 5.41) is 6.99. The summed E-state index contributed by atoms with van der Waals surface area (Å²) < 4.78 is 12.8. The quantitative estimate of drug-likeness (QED) is 0.275. The second-order valence-corrected chi connectivity index (χ2v) is 10.2. The molecule has 0 saturated carbocycles. The van der Waals surface area contributed by atoms with Crippen molar-refractivity contribution in [2.75, 3.05) is 31.0 Å². The van der Waals surface area contributed by atoms with Crippen LogP contribution >= 0.6 is 12.2 Å². The lowest BCUT2D eigenvalue weighted by Crippen LogP contribution is -2.29. The van der Waals surface area contributed by atoms with E-state index >= 15 is 0 Å². The monoisotopic (exact) mass is 555 g/mol. The molecule has 0 aliphatic carbocycles. The molecule has 0 spiro atoms. The Morgan fingerprint density at radius 1 is 1.02 bits per heavy atom. The van der Waals surface area contributed by atoms with Gasteiger partial charge in [0.15, 0.2) is 5.11 Å². The van der Waals surface area contributed by atoms with Gasteiger partial charge in [-0.15, -0.1) is 0 Å². The third-order valence-corrected chi connectivity index (χ3v) is 7.47. The number of anilines is 2. The Morgan fingerprint density at radius 2 is 1.85 bits per heavy atom. The van der Waals surface area contributed by atoms with Gasteiger partial charge in [0.2, 0.25) is 5.91 Å². The molecule has 206 valence electrons. The molecule has 1 amide bonds. The Bertz CT molecular complexity index is 1550. The Labute approximate surface area is 239 Å². The normalized spacial score (nSPS) is 16.6. The third kappa shape index (κ3) is 5.17. The van der Waals surface area contributed by atoms with E-state index in [0.29, 0.717) is 16.5 Å². The molecule has 2 atom stereocenters. The fourth-order valence-electron chi connectivity index (χ4n) is 5.46. The maximum Gasteiger partial charge on any atom is 0.250 e. The lowest BCUT2D eigenvalue weighted by molar-refractivity contribution is -0.119. The van der Waals surface area contributed by atoms with Crippen LogP contribution in [0, 0.1) is 20.8 Å². The van der Waals surface area contributed by atoms with E-state index in [1.54, 1.807) is 13.3 Å². The topological polar surface area (TPSA) is 80.7 Å². The highest BCUT2D eigenvalue weighted by atomic mass is 32.1. The zero-order chi connectivity index (χ0) is 28.4. The van der Waals surface area contributed by atoms with Gasteiger partial charge in [0.05, 0.1) is 30.6 Å². The molecule has 0 bridgehead atoms. The molecule has 2 N–H and O–H groups in total. The van der Waals surface area contributed by atoms with Gasteiger partial charge in [-0.2, -0.15) is 0 Å². The largest absolute Gasteiger partial charge is 0.495 e. The minimum atomic E-state index is -0.273. The second-order valence-electron chi connectivity index (χ2n) is 9.86. The SMILES string of the molecule is COCC(=O)Nc1cc(N2C(=S)N[C@@H](c3ccccn3)[C@@H]2c2cc(C)n(-c3cccc(C)c3)c2C)ccc1OC. The van der Waals surface area contributed by atoms with E-state index in [9.17, 15) is 4.79 Å². The van der Waals surface area contributed by atoms with Crippen LogP contribution in [0.25, 0.3) is 5.69 Å². The zero-order valence-electron chi connectivity index (χ0n) is 23.3. The summed E-state index contributed by atoms with van der Waals surface area (Å²) in [6, 6.07) is 21.9. The highest BCUT2D eigenvalue weighted by molar-refractivity contribution is 7.80. The molecule has 0 radical (unpaired) electrons. The molecule has 2 aromatic heterocycles. The Morgan fingerprint density at radius 3 is 2.55 bits per heavy atom. The molecule has 1 aliphatic rings. The number of amides is 1. The minimum absolute atomic E-state index is 0.0631. The van der Waals surface area contributed by atoms with Crippen molar-refractivity contribution in [1.82, 2.24) is 14.9 Å². The Balaban J connectivity index is 1.65. The zero-order valence-corrected chi connectivity index (χ0v) is 24.1. The van der Waals surface area contributed by atoms with Crippen LogP contribution in [-0.4, -0.2) is 41.4 Å². The predicted octanol–water partition coefficient (Wildman–Crippen LogP) is 5.57. The van der Waals surface area contributed by atoms with E-state index < -0.39 is 0 Å². The number of aromatic nitrogens is 2. The summed E-state index contributed by atoms with van der Waals surface area (Å²) in [5.41, 5.74) is 7.92. The van der Waals surface area contributed by atoms with Crippen molar-refractivity contribution < 1.29 is 14.3 Å². The van der Waals surface area contributed by atoms with Crippen molar-refractivity contribution in [1.29, 1.82) is 0 Å². The van der Waals surface area contributed by atoms with Gasteiger partial charge < -0.3 is 29.6 Å². The number of rotatable bonds is 8. The van der Waals surface area contributed by atoms with Crippen LogP contribution < -0.4 is 20.3 Å². The maximum absolute atomic E-state index is 12.4. The molecule has 3 heterocycles. The Hall–Kier alpha value is -4.21. The van der Waals surface area contributed by atoms with Crippen molar-refractivity contribution in [3.8, 4) is 11.4 Å². The van der Waals surface area contributed by atoms with Gasteiger partial charge in [-0.3, -0.25) is 9.78 Å². The molecule has 8 nitrogen and oxygen atoms in total. The van der Waals surface area contributed by atoms with Gasteiger partial charge in [-0.25, -0.2) is 0 Å². The number of benzene rings is 2. The molecule has 0 unspecified atom stereocenters. The first-order valence-electron chi connectivity index (χ1n) is 13.1. The molecule has 9 heteroatoms. The van der Waals surface area contributed by atoms with Crippen LogP contribution in [0.3, 0.4) is 0 Å². The number of carbonyl (C=O) groups excluding carboxylic acids is 1. The first kappa shape index (κ1) is 27.4. The average molecular weight is 556 g/mol. The lowest BCUT2D eigenvalue weighted by Gasteiger charge is -2.29. The van der Waals surface area contributed by atoms with E-state index in [1.165, 1.54) is 12.7 Å². The van der Waals surface area contributed by atoms with Gasteiger partial charge in [-0.1, -0.05) is 18.2 Å². The van der Waals surface area contributed by atoms with Crippen molar-refractivity contribution >= 4 is 34.6 Å². The molecule has 1 aliphatic heterocycles. The number of thiocarbonyl (C=S) groups is 1. The van der Waals surface area contributed by atoms with Gasteiger partial charge in [0, 0.05) is 36.1 Å². The number of ether oxygens (including phenoxy) is 2. The van der Waals surface area contributed by atoms with Crippen LogP contribution in [0.5, 0.6) is 5.75 Å². The molecule has 5 rings (SSSR count). The molecule has 1 fully saturated rings. The van der Waals surface area contributed by atoms with Crippen molar-refractivity contribution in [3.05, 3.63) is 101 Å². The van der Waals surface area contributed by atoms with E-state index in [4.69, 9.17) is 21.7 Å². The number of methoxy groups -OCH3 is 2. The fourth-order valence-corrected chi connectivity index (χ4v) is 5.81. The lowest BCUT2D eigenvalue weighted by atomic mass is 9.96. The van der Waals surface area contributed by atoms with Gasteiger partial charge in [0.1, 0.15) is 12.4 Å². The first-order chi connectivity index (χ1) is 19.3. The van der Waals surface area contributed by atoms with E-state index in [1.807, 2.05) is 36.4 Å². The van der Waals surface area contributed by atoms with Gasteiger partial charge in [-0.05, 0) is 92.6 Å². The number of hydrogen-bond donors (Lipinski definition) is 2. The molecule has 2 aromatic carbocycles. The van der Waals surface area contributed by atoms with Crippen molar-refractivity contribution in [2.45, 2.75) is 32.9 Å². The number of pyridine rings is 1. The number of nitrogens with zero attached hydrogens (tertiary/aromatic N) is 3. The highest BCUT2D eigenvalue weighted by Gasteiger charge is 2.42. The van der Waals surface area contributed by atoms with Crippen LogP contribution in [0.15, 0.2) is 72.9 Å². The first-order valence-corrected chi connectivity index (χ1v) is 13.5. The van der Waals surface area contributed by atoms with Crippen LogP contribution in [0.1, 0.15) is 40.3 Å². The van der Waals surface area contributed by atoms with Crippen LogP contribution in [0.4, 0.5) is 11.4 Å². The minimum Gasteiger partial charge on any atom is -0.495 e. The smallest absolute Gasteiger partial charge is 0.250 e. The van der Waals surface area contributed by atoms with Crippen LogP contribution in [-0.2, 0) is 9.53 Å². The summed E-state index contributed by atoms with van der Waals surface area (Å²) >= 11 is 5.95. The van der Waals surface area contributed by atoms with E-state index in [2.05, 4.69) is 76.2 Å². The number of nitrogens with one attached hydrogen (secondary N) is 2. The second kappa shape index (κ2) is 11.5. The van der Waals surface area contributed by atoms with Crippen LogP contribution in [0.2, 0.25) is 0 Å². The number of aryl methyl sites for hydroxylation is 2. The molecular weight excluding hydrogens is 522 g/mol. The van der Waals surface area contributed by atoms with Crippen molar-refractivity contribution in [2.24, 2.45) is 0 Å². The summed E-state index contributed by atoms with van der Waals surface area (Å²) in [5.74, 6) is 0.270. The number of hydrogen-bond acceptors (Lipinski definition) is 5. The molecule has 1 saturated heterocycles. The summed E-state index contributed by atoms with van der Waals surface area (Å²) in [6.45, 7) is 6.30. The number of carbonyl (C=O) groups is 1. The van der Waals surface area contributed by atoms with Gasteiger partial charge >= 0.3 is 0 Å². The molecule has 40 heavy (non-hydrogen) atoms. The van der Waals surface area contributed by atoms with E-state index in [0.717, 1.165) is 34.0 Å². The third-order valence-electron chi connectivity index (χ3n) is 7.16. The summed E-state index contributed by atoms with van der Waals surface area (Å²) in [4.78, 5) is 19.2. The maximum atomic E-state index is 12.4. The average Bonchev–Trinajstić information content (AvgIpc) is 3.44. The standard InChI is InChI=1S/C31H33N5O3S/c1-19-9-8-10-22(15-19)35-20(2)16-24(21(35)3)30-29(25-11-6-7-14-32-25)34-31(40)36(30)23-12-13-27(39-5)26(17-23)33-28(37)18-38-4/h6-17,29-30H,18H2,1-5H3,(H,33,37)(H,34,40)/t29-,30-/m0/s1. The Kier molecular flexibility index (Phi) is 7.86. The molecule has 4 aromatic rings.